The van der Waals surface area contributed by atoms with Gasteiger partial charge in [-0.3, -0.25) is 9.59 Å². The Balaban J connectivity index is 4.40. The van der Waals surface area contributed by atoms with E-state index in [1.807, 2.05) is 0 Å². The molecule has 0 heterocycles. The highest BCUT2D eigenvalue weighted by molar-refractivity contribution is 5.77. The number of carbonyl (C=O) groups excluding carboxylic acids is 2. The first-order valence-electron chi connectivity index (χ1n) is 27.3. The summed E-state index contributed by atoms with van der Waals surface area (Å²) in [5.41, 5.74) is 0. The summed E-state index contributed by atoms with van der Waals surface area (Å²) in [5, 5.41) is 23.8. The van der Waals surface area contributed by atoms with E-state index in [4.69, 9.17) is 4.74 Å². The molecule has 3 atom stereocenters. The molecule has 0 aromatic heterocycles. The Morgan fingerprint density at radius 2 is 0.700 bits per heavy atom. The molecule has 0 aliphatic heterocycles. The molecule has 0 aromatic rings. The van der Waals surface area contributed by atoms with E-state index in [9.17, 15) is 19.8 Å². The lowest BCUT2D eigenvalue weighted by Gasteiger charge is -2.24. The van der Waals surface area contributed by atoms with Crippen LogP contribution in [0.25, 0.3) is 0 Å². The van der Waals surface area contributed by atoms with Gasteiger partial charge in [-0.05, 0) is 25.7 Å². The molecule has 0 saturated carbocycles. The molecular formula is C54H107NO5. The van der Waals surface area contributed by atoms with E-state index < -0.39 is 18.2 Å². The van der Waals surface area contributed by atoms with Crippen molar-refractivity contribution < 1.29 is 24.5 Å². The van der Waals surface area contributed by atoms with Crippen LogP contribution in [0.4, 0.5) is 0 Å². The van der Waals surface area contributed by atoms with E-state index in [1.165, 1.54) is 225 Å². The van der Waals surface area contributed by atoms with Gasteiger partial charge in [0.1, 0.15) is 6.10 Å². The minimum Gasteiger partial charge on any atom is -0.462 e. The molecule has 60 heavy (non-hydrogen) atoms. The lowest BCUT2D eigenvalue weighted by Crippen LogP contribution is -2.46. The fourth-order valence-corrected chi connectivity index (χ4v) is 8.79. The fourth-order valence-electron chi connectivity index (χ4n) is 8.79. The maximum absolute atomic E-state index is 13.2. The highest BCUT2D eigenvalue weighted by Crippen LogP contribution is 2.19. The maximum atomic E-state index is 13.2. The average molecular weight is 850 g/mol. The molecule has 6 nitrogen and oxygen atoms in total. The number of ether oxygens (including phenoxy) is 1. The van der Waals surface area contributed by atoms with Gasteiger partial charge in [-0.25, -0.2) is 0 Å². The predicted octanol–water partition coefficient (Wildman–Crippen LogP) is 16.4. The summed E-state index contributed by atoms with van der Waals surface area (Å²) in [7, 11) is 0. The first-order chi connectivity index (χ1) is 29.5. The van der Waals surface area contributed by atoms with Crippen molar-refractivity contribution >= 4 is 11.9 Å². The van der Waals surface area contributed by atoms with Crippen LogP contribution in [0.15, 0.2) is 0 Å². The molecule has 0 spiro atoms. The number of aliphatic hydroxyl groups is 2. The Morgan fingerprint density at radius 3 is 1.02 bits per heavy atom. The van der Waals surface area contributed by atoms with Crippen molar-refractivity contribution in [3.8, 4) is 0 Å². The zero-order valence-electron chi connectivity index (χ0n) is 40.9. The summed E-state index contributed by atoms with van der Waals surface area (Å²) in [6.45, 7) is 6.51. The number of carbonyl (C=O) groups is 2. The normalized spacial score (nSPS) is 13.1. The first-order valence-corrected chi connectivity index (χ1v) is 27.3. The van der Waals surface area contributed by atoms with Crippen LogP contribution in [0.2, 0.25) is 0 Å². The topological polar surface area (TPSA) is 95.9 Å². The van der Waals surface area contributed by atoms with Gasteiger partial charge in [0.25, 0.3) is 0 Å². The van der Waals surface area contributed by atoms with E-state index in [0.29, 0.717) is 19.3 Å². The summed E-state index contributed by atoms with van der Waals surface area (Å²) in [6.07, 6.45) is 53.1. The lowest BCUT2D eigenvalue weighted by molar-refractivity contribution is -0.151. The van der Waals surface area contributed by atoms with Crippen molar-refractivity contribution in [2.75, 3.05) is 6.61 Å². The summed E-state index contributed by atoms with van der Waals surface area (Å²) in [4.78, 5) is 26.1. The SMILES string of the molecule is CCCCCCCCCCCCCCCCCCC(O)C(CO)NC(=O)CC(CCCCCCCCCCCC)OC(=O)CCCCCCCCCCCCCCCCC. The molecule has 3 N–H and O–H groups in total. The molecule has 6 heteroatoms. The molecule has 0 aliphatic carbocycles. The highest BCUT2D eigenvalue weighted by atomic mass is 16.5. The number of aliphatic hydroxyl groups excluding tert-OH is 2. The van der Waals surface area contributed by atoms with E-state index in [-0.39, 0.29) is 24.9 Å². The molecule has 0 aliphatic rings. The zero-order chi connectivity index (χ0) is 43.8. The zero-order valence-corrected chi connectivity index (χ0v) is 40.9. The summed E-state index contributed by atoms with van der Waals surface area (Å²) in [6, 6.07) is -0.692. The van der Waals surface area contributed by atoms with Gasteiger partial charge in [-0.15, -0.1) is 0 Å². The van der Waals surface area contributed by atoms with Crippen molar-refractivity contribution in [1.82, 2.24) is 5.32 Å². The van der Waals surface area contributed by atoms with Crippen LogP contribution in [0, 0.1) is 0 Å². The van der Waals surface area contributed by atoms with Gasteiger partial charge in [-0.1, -0.05) is 271 Å². The van der Waals surface area contributed by atoms with Crippen LogP contribution in [0.3, 0.4) is 0 Å². The molecule has 0 aromatic carbocycles. The Labute approximate surface area is 375 Å². The Morgan fingerprint density at radius 1 is 0.417 bits per heavy atom. The second-order valence-electron chi connectivity index (χ2n) is 19.0. The summed E-state index contributed by atoms with van der Waals surface area (Å²) in [5.74, 6) is -0.450. The lowest BCUT2D eigenvalue weighted by atomic mass is 10.0. The van der Waals surface area contributed by atoms with E-state index >= 15 is 0 Å². The standard InChI is InChI=1S/C54H107NO5/c1-4-7-10-13-16-19-22-24-26-28-29-31-34-37-40-43-46-52(57)51(49-56)55-53(58)48-50(45-42-39-36-33-21-18-15-12-9-6-3)60-54(59)47-44-41-38-35-32-30-27-25-23-20-17-14-11-8-5-2/h50-52,56-57H,4-49H2,1-3H3,(H,55,58). The fraction of sp³-hybridized carbons (Fsp3) is 0.963. The second-order valence-corrected chi connectivity index (χ2v) is 19.0. The minimum absolute atomic E-state index is 0.0876. The van der Waals surface area contributed by atoms with Gasteiger partial charge in [-0.2, -0.15) is 0 Å². The summed E-state index contributed by atoms with van der Waals surface area (Å²) < 4.78 is 5.94. The molecule has 3 unspecified atom stereocenters. The van der Waals surface area contributed by atoms with Crippen molar-refractivity contribution in [2.24, 2.45) is 0 Å². The number of hydrogen-bond donors (Lipinski definition) is 3. The van der Waals surface area contributed by atoms with Crippen LogP contribution < -0.4 is 5.32 Å². The van der Waals surface area contributed by atoms with Crippen LogP contribution in [0.1, 0.15) is 310 Å². The predicted molar refractivity (Wildman–Crippen MR) is 260 cm³/mol. The van der Waals surface area contributed by atoms with E-state index in [0.717, 1.165) is 38.5 Å². The smallest absolute Gasteiger partial charge is 0.306 e. The van der Waals surface area contributed by atoms with Crippen LogP contribution in [-0.4, -0.2) is 46.9 Å². The number of nitrogens with one attached hydrogen (secondary N) is 1. The van der Waals surface area contributed by atoms with Crippen molar-refractivity contribution in [3.63, 3.8) is 0 Å². The molecular weight excluding hydrogens is 743 g/mol. The monoisotopic (exact) mass is 850 g/mol. The number of amides is 1. The van der Waals surface area contributed by atoms with E-state index in [1.54, 1.807) is 0 Å². The van der Waals surface area contributed by atoms with Crippen molar-refractivity contribution in [3.05, 3.63) is 0 Å². The van der Waals surface area contributed by atoms with Crippen molar-refractivity contribution in [1.29, 1.82) is 0 Å². The number of hydrogen-bond acceptors (Lipinski definition) is 5. The number of unbranched alkanes of at least 4 members (excludes halogenated alkanes) is 38. The van der Waals surface area contributed by atoms with Crippen LogP contribution in [0.5, 0.6) is 0 Å². The molecule has 0 radical (unpaired) electrons. The quantitative estimate of drug-likeness (QED) is 0.0419. The van der Waals surface area contributed by atoms with Gasteiger partial charge in [0.15, 0.2) is 0 Å². The van der Waals surface area contributed by atoms with Gasteiger partial charge in [0.2, 0.25) is 5.91 Å². The molecule has 0 rings (SSSR count). The average Bonchev–Trinajstić information content (AvgIpc) is 3.24. The van der Waals surface area contributed by atoms with Crippen LogP contribution >= 0.6 is 0 Å². The molecule has 358 valence electrons. The Kier molecular flexibility index (Phi) is 48.0. The van der Waals surface area contributed by atoms with Crippen LogP contribution in [-0.2, 0) is 14.3 Å². The minimum atomic E-state index is -0.779. The molecule has 0 bridgehead atoms. The van der Waals surface area contributed by atoms with Gasteiger partial charge in [0.05, 0.1) is 25.2 Å². The van der Waals surface area contributed by atoms with Gasteiger partial charge >= 0.3 is 5.97 Å². The third-order valence-electron chi connectivity index (χ3n) is 12.9. The second kappa shape index (κ2) is 48.9. The van der Waals surface area contributed by atoms with E-state index in [2.05, 4.69) is 26.1 Å². The molecule has 0 saturated heterocycles. The third kappa shape index (κ3) is 43.5. The molecule has 0 fully saturated rings. The largest absolute Gasteiger partial charge is 0.462 e. The first kappa shape index (κ1) is 58.9. The number of esters is 1. The third-order valence-corrected chi connectivity index (χ3v) is 12.9. The van der Waals surface area contributed by atoms with Crippen molar-refractivity contribution in [2.45, 2.75) is 328 Å². The Hall–Kier alpha value is -1.14. The Bertz CT molecular complexity index is 867. The van der Waals surface area contributed by atoms with Gasteiger partial charge < -0.3 is 20.3 Å². The number of rotatable bonds is 50. The molecule has 1 amide bonds. The summed E-state index contributed by atoms with van der Waals surface area (Å²) >= 11 is 0. The maximum Gasteiger partial charge on any atom is 0.306 e. The van der Waals surface area contributed by atoms with Gasteiger partial charge in [0, 0.05) is 6.42 Å². The highest BCUT2D eigenvalue weighted by Gasteiger charge is 2.24.